The first-order valence-electron chi connectivity index (χ1n) is 9.68. The lowest BCUT2D eigenvalue weighted by atomic mass is 9.64. The number of rotatable bonds is 7. The summed E-state index contributed by atoms with van der Waals surface area (Å²) in [6.07, 6.45) is 4.63. The first-order valence-corrected chi connectivity index (χ1v) is 11.9. The van der Waals surface area contributed by atoms with Crippen molar-refractivity contribution in [2.24, 2.45) is 11.3 Å². The maximum Gasteiger partial charge on any atom is 0.267 e. The van der Waals surface area contributed by atoms with Gasteiger partial charge in [0.1, 0.15) is 17.4 Å². The summed E-state index contributed by atoms with van der Waals surface area (Å²) in [6, 6.07) is 3.87. The highest BCUT2D eigenvalue weighted by molar-refractivity contribution is 7.89. The molecule has 31 heavy (non-hydrogen) atoms. The molecule has 0 bridgehead atoms. The number of hydrogen-bond donors (Lipinski definition) is 2. The third kappa shape index (κ3) is 5.65. The van der Waals surface area contributed by atoms with E-state index in [9.17, 15) is 17.6 Å². The summed E-state index contributed by atoms with van der Waals surface area (Å²) in [5.74, 6) is -0.691. The van der Waals surface area contributed by atoms with Crippen molar-refractivity contribution in [2.45, 2.75) is 26.7 Å². The number of nitrogens with one attached hydrogen (secondary N) is 2. The van der Waals surface area contributed by atoms with E-state index < -0.39 is 27.3 Å². The predicted molar refractivity (Wildman–Crippen MR) is 118 cm³/mol. The summed E-state index contributed by atoms with van der Waals surface area (Å²) in [5.41, 5.74) is 0.758. The fourth-order valence-corrected chi connectivity index (χ4v) is 4.63. The number of amides is 1. The highest BCUT2D eigenvalue weighted by atomic mass is 35.5. The van der Waals surface area contributed by atoms with E-state index >= 15 is 0 Å². The van der Waals surface area contributed by atoms with Crippen molar-refractivity contribution in [3.05, 3.63) is 40.8 Å². The van der Waals surface area contributed by atoms with Crippen LogP contribution < -0.4 is 14.8 Å². The van der Waals surface area contributed by atoms with E-state index in [2.05, 4.69) is 24.1 Å². The quantitative estimate of drug-likeness (QED) is 0.634. The van der Waals surface area contributed by atoms with E-state index in [1.165, 1.54) is 13.3 Å². The molecule has 0 unspecified atom stereocenters. The number of sulfonamides is 1. The van der Waals surface area contributed by atoms with Gasteiger partial charge in [0, 0.05) is 23.9 Å². The largest absolute Gasteiger partial charge is 0.496 e. The van der Waals surface area contributed by atoms with Crippen LogP contribution in [-0.2, 0) is 10.0 Å². The number of halogens is 2. The van der Waals surface area contributed by atoms with E-state index in [0.717, 1.165) is 37.8 Å². The topological polar surface area (TPSA) is 97.4 Å². The Morgan fingerprint density at radius 1 is 1.32 bits per heavy atom. The van der Waals surface area contributed by atoms with E-state index in [4.69, 9.17) is 16.3 Å². The molecule has 1 aliphatic rings. The summed E-state index contributed by atoms with van der Waals surface area (Å²) < 4.78 is 44.2. The summed E-state index contributed by atoms with van der Waals surface area (Å²) >= 11 is 6.38. The SMILES string of the molecule is COc1cc(C(=O)NS(C)(=O)=O)c(F)cc1-c1cnc(NCC2CC(C)(C)C2)c(Cl)c1. The van der Waals surface area contributed by atoms with Crippen molar-refractivity contribution >= 4 is 33.3 Å². The Kier molecular flexibility index (Phi) is 6.48. The molecular formula is C21H25ClFN3O4S. The number of hydrogen-bond acceptors (Lipinski definition) is 6. The summed E-state index contributed by atoms with van der Waals surface area (Å²) in [7, 11) is -2.48. The van der Waals surface area contributed by atoms with Gasteiger partial charge in [-0.15, -0.1) is 0 Å². The fourth-order valence-electron chi connectivity index (χ4n) is 3.95. The van der Waals surface area contributed by atoms with Gasteiger partial charge in [0.15, 0.2) is 0 Å². The lowest BCUT2D eigenvalue weighted by Crippen LogP contribution is -2.35. The van der Waals surface area contributed by atoms with Crippen LogP contribution in [0.15, 0.2) is 24.4 Å². The van der Waals surface area contributed by atoms with Crippen molar-refractivity contribution < 1.29 is 22.3 Å². The van der Waals surface area contributed by atoms with Crippen molar-refractivity contribution in [3.8, 4) is 16.9 Å². The molecule has 0 spiro atoms. The second kappa shape index (κ2) is 8.63. The molecular weight excluding hydrogens is 445 g/mol. The molecule has 2 N–H and O–H groups in total. The number of anilines is 1. The number of methoxy groups -OCH3 is 1. The number of carbonyl (C=O) groups excluding carboxylic acids is 1. The molecule has 7 nitrogen and oxygen atoms in total. The molecule has 1 amide bonds. The summed E-state index contributed by atoms with van der Waals surface area (Å²) in [5, 5.41) is 3.63. The Bertz CT molecular complexity index is 1110. The van der Waals surface area contributed by atoms with Gasteiger partial charge in [-0.3, -0.25) is 4.79 Å². The zero-order valence-electron chi connectivity index (χ0n) is 17.8. The highest BCUT2D eigenvalue weighted by Crippen LogP contribution is 2.44. The van der Waals surface area contributed by atoms with Crippen LogP contribution in [0.4, 0.5) is 10.2 Å². The molecule has 168 valence electrons. The minimum absolute atomic E-state index is 0.176. The normalized spacial score (nSPS) is 15.8. The predicted octanol–water partition coefficient (Wildman–Crippen LogP) is 4.09. The second-order valence-electron chi connectivity index (χ2n) is 8.61. The first kappa shape index (κ1) is 23.3. The van der Waals surface area contributed by atoms with E-state index in [0.29, 0.717) is 33.3 Å². The van der Waals surface area contributed by atoms with Gasteiger partial charge in [-0.25, -0.2) is 22.5 Å². The standard InChI is InChI=1S/C21H25ClFN3O4S/c1-21(2)8-12(9-21)10-24-19-16(22)5-13(11-25-19)14-6-17(23)15(7-18(14)30-3)20(27)26-31(4,28)29/h5-7,11-12H,8-10H2,1-4H3,(H,24,25)(H,26,27). The molecule has 2 aromatic rings. The smallest absolute Gasteiger partial charge is 0.267 e. The Morgan fingerprint density at radius 2 is 2.00 bits per heavy atom. The average molecular weight is 470 g/mol. The van der Waals surface area contributed by atoms with Gasteiger partial charge in [0.05, 0.1) is 24.0 Å². The fraction of sp³-hybridized carbons (Fsp3) is 0.429. The number of ether oxygens (including phenoxy) is 1. The van der Waals surface area contributed by atoms with Crippen molar-refractivity contribution in [2.75, 3.05) is 25.2 Å². The van der Waals surface area contributed by atoms with Gasteiger partial charge in [0.25, 0.3) is 5.91 Å². The van der Waals surface area contributed by atoms with Crippen molar-refractivity contribution in [1.29, 1.82) is 0 Å². The van der Waals surface area contributed by atoms with Gasteiger partial charge in [-0.1, -0.05) is 25.4 Å². The third-order valence-corrected chi connectivity index (χ3v) is 6.05. The summed E-state index contributed by atoms with van der Waals surface area (Å²) in [6.45, 7) is 5.26. The second-order valence-corrected chi connectivity index (χ2v) is 10.8. The summed E-state index contributed by atoms with van der Waals surface area (Å²) in [4.78, 5) is 16.4. The zero-order valence-corrected chi connectivity index (χ0v) is 19.3. The molecule has 1 heterocycles. The van der Waals surface area contributed by atoms with E-state index in [-0.39, 0.29) is 5.75 Å². The lowest BCUT2D eigenvalue weighted by molar-refractivity contribution is 0.0977. The zero-order chi connectivity index (χ0) is 23.0. The van der Waals surface area contributed by atoms with Crippen LogP contribution in [0.25, 0.3) is 11.1 Å². The van der Waals surface area contributed by atoms with Gasteiger partial charge >= 0.3 is 0 Å². The Balaban J connectivity index is 1.82. The van der Waals surface area contributed by atoms with Crippen LogP contribution in [-0.4, -0.2) is 39.2 Å². The van der Waals surface area contributed by atoms with Crippen molar-refractivity contribution in [3.63, 3.8) is 0 Å². The van der Waals surface area contributed by atoms with Gasteiger partial charge < -0.3 is 10.1 Å². The Labute approximate surface area is 186 Å². The molecule has 0 aliphatic heterocycles. The van der Waals surface area contributed by atoms with Crippen LogP contribution in [0.5, 0.6) is 5.75 Å². The molecule has 10 heteroatoms. The van der Waals surface area contributed by atoms with Crippen molar-refractivity contribution in [1.82, 2.24) is 9.71 Å². The van der Waals surface area contributed by atoms with Crippen LogP contribution in [0, 0.1) is 17.2 Å². The maximum atomic E-state index is 14.6. The molecule has 1 aliphatic carbocycles. The van der Waals surface area contributed by atoms with Gasteiger partial charge in [-0.05, 0) is 42.4 Å². The van der Waals surface area contributed by atoms with Gasteiger partial charge in [0.2, 0.25) is 10.0 Å². The minimum atomic E-state index is -3.84. The molecule has 1 saturated carbocycles. The molecule has 0 saturated heterocycles. The van der Waals surface area contributed by atoms with Crippen LogP contribution >= 0.6 is 11.6 Å². The molecule has 0 atom stereocenters. The molecule has 0 radical (unpaired) electrons. The maximum absolute atomic E-state index is 14.6. The molecule has 1 aromatic heterocycles. The number of carbonyl (C=O) groups is 1. The van der Waals surface area contributed by atoms with Crippen LogP contribution in [0.3, 0.4) is 0 Å². The Hall–Kier alpha value is -2.39. The van der Waals surface area contributed by atoms with E-state index in [1.807, 2.05) is 0 Å². The monoisotopic (exact) mass is 469 g/mol. The number of aromatic nitrogens is 1. The third-order valence-electron chi connectivity index (χ3n) is 5.20. The molecule has 1 fully saturated rings. The lowest BCUT2D eigenvalue weighted by Gasteiger charge is -2.42. The average Bonchev–Trinajstić information content (AvgIpc) is 2.63. The molecule has 3 rings (SSSR count). The highest BCUT2D eigenvalue weighted by Gasteiger charge is 2.35. The molecule has 1 aromatic carbocycles. The Morgan fingerprint density at radius 3 is 2.55 bits per heavy atom. The van der Waals surface area contributed by atoms with Crippen LogP contribution in [0.2, 0.25) is 5.02 Å². The first-order chi connectivity index (χ1) is 14.4. The number of benzene rings is 1. The number of pyridine rings is 1. The van der Waals surface area contributed by atoms with E-state index in [1.54, 1.807) is 10.8 Å². The number of nitrogens with zero attached hydrogens (tertiary/aromatic N) is 1. The van der Waals surface area contributed by atoms with Crippen LogP contribution in [0.1, 0.15) is 37.0 Å². The van der Waals surface area contributed by atoms with Gasteiger partial charge in [-0.2, -0.15) is 0 Å². The minimum Gasteiger partial charge on any atom is -0.496 e.